The van der Waals surface area contributed by atoms with Crippen LogP contribution in [0.25, 0.3) is 0 Å². The average Bonchev–Trinajstić information content (AvgIpc) is 2.88. The first-order valence-corrected chi connectivity index (χ1v) is 9.17. The number of aromatic amines is 1. The Balaban J connectivity index is 2.44. The highest BCUT2D eigenvalue weighted by Crippen LogP contribution is 2.37. The maximum absolute atomic E-state index is 12.2. The van der Waals surface area contributed by atoms with Crippen LogP contribution in [0.2, 0.25) is 0 Å². The smallest absolute Gasteiger partial charge is 0.330 e. The highest BCUT2D eigenvalue weighted by molar-refractivity contribution is 7.32. The van der Waals surface area contributed by atoms with Crippen LogP contribution in [0.15, 0.2) is 15.8 Å². The summed E-state index contributed by atoms with van der Waals surface area (Å²) in [4.78, 5) is 35.1. The molecule has 1 aliphatic rings. The molecule has 1 aliphatic heterocycles. The van der Waals surface area contributed by atoms with Crippen LogP contribution in [-0.4, -0.2) is 64.3 Å². The van der Waals surface area contributed by atoms with E-state index in [-0.39, 0.29) is 12.2 Å². The molecule has 2 heterocycles. The van der Waals surface area contributed by atoms with Gasteiger partial charge in [-0.3, -0.25) is 18.9 Å². The second-order valence-corrected chi connectivity index (χ2v) is 6.71. The molecule has 0 saturated carbocycles. The SMILES string of the molecule is COC[C@H](C)OC1C(O[PH](=O)O)[C@@H](CO)O[C@H]1n1cc(C)c(=O)[nH]c1=O. The first-order valence-electron chi connectivity index (χ1n) is 7.90. The summed E-state index contributed by atoms with van der Waals surface area (Å²) in [6, 6.07) is 0. The van der Waals surface area contributed by atoms with Gasteiger partial charge in [0.15, 0.2) is 6.23 Å². The number of aryl methyl sites for hydroxylation is 1. The highest BCUT2D eigenvalue weighted by atomic mass is 31.1. The minimum Gasteiger partial charge on any atom is -0.394 e. The second kappa shape index (κ2) is 9.05. The Hall–Kier alpha value is -1.33. The van der Waals surface area contributed by atoms with E-state index in [1.165, 1.54) is 20.2 Å². The van der Waals surface area contributed by atoms with Crippen molar-refractivity contribution in [2.24, 2.45) is 0 Å². The summed E-state index contributed by atoms with van der Waals surface area (Å²) in [5, 5.41) is 9.53. The first kappa shape index (κ1) is 21.0. The number of hydrogen-bond donors (Lipinski definition) is 3. The Kier molecular flexibility index (Phi) is 7.30. The maximum Gasteiger partial charge on any atom is 0.330 e. The fraction of sp³-hybridized carbons (Fsp3) is 0.714. The van der Waals surface area contributed by atoms with Gasteiger partial charge in [0, 0.05) is 18.9 Å². The Morgan fingerprint density at radius 2 is 2.12 bits per heavy atom. The van der Waals surface area contributed by atoms with Crippen LogP contribution in [0.5, 0.6) is 0 Å². The van der Waals surface area contributed by atoms with Crippen molar-refractivity contribution in [1.82, 2.24) is 9.55 Å². The van der Waals surface area contributed by atoms with Crippen LogP contribution in [0.1, 0.15) is 18.7 Å². The number of methoxy groups -OCH3 is 1. The van der Waals surface area contributed by atoms with E-state index in [2.05, 4.69) is 4.98 Å². The molecule has 0 amide bonds. The summed E-state index contributed by atoms with van der Waals surface area (Å²) in [7, 11) is -1.89. The van der Waals surface area contributed by atoms with Gasteiger partial charge in [-0.25, -0.2) is 4.79 Å². The molecule has 6 atom stereocenters. The summed E-state index contributed by atoms with van der Waals surface area (Å²) in [5.41, 5.74) is -1.02. The number of aliphatic hydroxyl groups is 1. The third-order valence-corrected chi connectivity index (χ3v) is 4.39. The zero-order chi connectivity index (χ0) is 19.4. The third kappa shape index (κ3) is 4.68. The van der Waals surface area contributed by atoms with Crippen molar-refractivity contribution in [3.05, 3.63) is 32.6 Å². The molecule has 1 fully saturated rings. The molecule has 0 radical (unpaired) electrons. The van der Waals surface area contributed by atoms with Crippen molar-refractivity contribution in [2.45, 2.75) is 44.5 Å². The van der Waals surface area contributed by atoms with Crippen molar-refractivity contribution in [2.75, 3.05) is 20.3 Å². The van der Waals surface area contributed by atoms with Crippen molar-refractivity contribution in [3.8, 4) is 0 Å². The molecular formula is C14H23N2O9P. The number of nitrogens with one attached hydrogen (secondary N) is 1. The van der Waals surface area contributed by atoms with Crippen LogP contribution in [0, 0.1) is 6.92 Å². The lowest BCUT2D eigenvalue weighted by Crippen LogP contribution is -2.42. The Bertz CT molecular complexity index is 749. The molecule has 1 saturated heterocycles. The first-order chi connectivity index (χ1) is 12.3. The highest BCUT2D eigenvalue weighted by Gasteiger charge is 2.48. The van der Waals surface area contributed by atoms with E-state index < -0.39 is 56.8 Å². The number of ether oxygens (including phenoxy) is 3. The number of H-pyrrole nitrogens is 1. The van der Waals surface area contributed by atoms with Crippen molar-refractivity contribution in [1.29, 1.82) is 0 Å². The molecule has 0 spiro atoms. The minimum absolute atomic E-state index is 0.216. The molecular weight excluding hydrogens is 371 g/mol. The maximum atomic E-state index is 12.2. The van der Waals surface area contributed by atoms with Crippen molar-refractivity contribution < 1.29 is 33.3 Å². The van der Waals surface area contributed by atoms with Gasteiger partial charge >= 0.3 is 13.9 Å². The van der Waals surface area contributed by atoms with E-state index in [0.29, 0.717) is 0 Å². The number of aliphatic hydroxyl groups excluding tert-OH is 1. The van der Waals surface area contributed by atoms with Crippen LogP contribution >= 0.6 is 8.25 Å². The summed E-state index contributed by atoms with van der Waals surface area (Å²) in [5.74, 6) is 0. The van der Waals surface area contributed by atoms with Gasteiger partial charge in [-0.1, -0.05) is 0 Å². The predicted molar refractivity (Wildman–Crippen MR) is 89.4 cm³/mol. The van der Waals surface area contributed by atoms with E-state index >= 15 is 0 Å². The second-order valence-electron chi connectivity index (χ2n) is 5.94. The van der Waals surface area contributed by atoms with E-state index in [0.717, 1.165) is 4.57 Å². The van der Waals surface area contributed by atoms with Gasteiger partial charge in [0.05, 0.1) is 19.3 Å². The van der Waals surface area contributed by atoms with Crippen molar-refractivity contribution in [3.63, 3.8) is 0 Å². The Morgan fingerprint density at radius 3 is 2.69 bits per heavy atom. The minimum atomic E-state index is -3.37. The monoisotopic (exact) mass is 394 g/mol. The molecule has 26 heavy (non-hydrogen) atoms. The normalized spacial score (nSPS) is 28.2. The van der Waals surface area contributed by atoms with Crippen LogP contribution in [-0.2, 0) is 23.3 Å². The summed E-state index contributed by atoms with van der Waals surface area (Å²) in [6.45, 7) is 2.91. The summed E-state index contributed by atoms with van der Waals surface area (Å²) < 4.78 is 33.8. The quantitative estimate of drug-likeness (QED) is 0.468. The van der Waals surface area contributed by atoms with Crippen LogP contribution in [0.3, 0.4) is 0 Å². The lowest BCUT2D eigenvalue weighted by molar-refractivity contribution is -0.109. The van der Waals surface area contributed by atoms with E-state index in [1.807, 2.05) is 0 Å². The zero-order valence-corrected chi connectivity index (χ0v) is 15.6. The summed E-state index contributed by atoms with van der Waals surface area (Å²) in [6.07, 6.45) is -3.34. The van der Waals surface area contributed by atoms with E-state index in [1.54, 1.807) is 6.92 Å². The fourth-order valence-corrected chi connectivity index (χ4v) is 3.32. The molecule has 0 bridgehead atoms. The van der Waals surface area contributed by atoms with E-state index in [9.17, 15) is 19.3 Å². The number of nitrogens with zero attached hydrogens (tertiary/aromatic N) is 1. The lowest BCUT2D eigenvalue weighted by atomic mass is 10.1. The van der Waals surface area contributed by atoms with Gasteiger partial charge in [-0.05, 0) is 13.8 Å². The van der Waals surface area contributed by atoms with E-state index in [4.69, 9.17) is 23.6 Å². The van der Waals surface area contributed by atoms with Gasteiger partial charge in [0.2, 0.25) is 0 Å². The van der Waals surface area contributed by atoms with Crippen LogP contribution in [0.4, 0.5) is 0 Å². The molecule has 12 heteroatoms. The standard InChI is InChI=1S/C14H23N2O9P/c1-7-4-16(14(19)15-12(7)18)13-11(23-8(2)6-22-3)10(25-26(20)21)9(5-17)24-13/h4,8-11,13,17,26H,5-6H2,1-3H3,(H,20,21)(H,15,18,19)/t8-,9+,10?,11?,13+/m0/s1. The Labute approximate surface area is 149 Å². The molecule has 1 aromatic heterocycles. The topological polar surface area (TPSA) is 149 Å². The molecule has 11 nitrogen and oxygen atoms in total. The van der Waals surface area contributed by atoms with Gasteiger partial charge in [-0.15, -0.1) is 0 Å². The van der Waals surface area contributed by atoms with Gasteiger partial charge < -0.3 is 28.7 Å². The van der Waals surface area contributed by atoms with Gasteiger partial charge in [-0.2, -0.15) is 0 Å². The fourth-order valence-electron chi connectivity index (χ4n) is 2.80. The number of aromatic nitrogens is 2. The van der Waals surface area contributed by atoms with Gasteiger partial charge in [0.1, 0.15) is 18.3 Å². The molecule has 3 N–H and O–H groups in total. The molecule has 0 aliphatic carbocycles. The Morgan fingerprint density at radius 1 is 1.42 bits per heavy atom. The third-order valence-electron chi connectivity index (χ3n) is 3.91. The summed E-state index contributed by atoms with van der Waals surface area (Å²) >= 11 is 0. The predicted octanol–water partition coefficient (Wildman–Crippen LogP) is -1.08. The largest absolute Gasteiger partial charge is 0.394 e. The molecule has 148 valence electrons. The molecule has 0 aromatic carbocycles. The average molecular weight is 394 g/mol. The molecule has 1 aromatic rings. The lowest BCUT2D eigenvalue weighted by Gasteiger charge is -2.27. The van der Waals surface area contributed by atoms with Crippen molar-refractivity contribution >= 4 is 8.25 Å². The zero-order valence-electron chi connectivity index (χ0n) is 14.6. The van der Waals surface area contributed by atoms with Crippen LogP contribution < -0.4 is 11.2 Å². The molecule has 3 unspecified atom stereocenters. The molecule has 2 rings (SSSR count). The van der Waals surface area contributed by atoms with Gasteiger partial charge in [0.25, 0.3) is 5.56 Å². The number of rotatable bonds is 8. The number of hydrogen-bond acceptors (Lipinski definition) is 8.